The number of hydrogen-bond acceptors (Lipinski definition) is 2. The molecule has 0 aliphatic heterocycles. The van der Waals surface area contributed by atoms with Crippen LogP contribution in [-0.2, 0) is 6.42 Å². The average Bonchev–Trinajstić information content (AvgIpc) is 2.87. The molecule has 0 aliphatic carbocycles. The van der Waals surface area contributed by atoms with Gasteiger partial charge in [-0.05, 0) is 29.3 Å². The third kappa shape index (κ3) is 2.91. The fraction of sp³-hybridized carbons (Fsp3) is 0.0625. The summed E-state index contributed by atoms with van der Waals surface area (Å²) in [6, 6.07) is 6.45. The highest BCUT2D eigenvalue weighted by Gasteiger charge is 2.22. The van der Waals surface area contributed by atoms with Gasteiger partial charge in [0.25, 0.3) is 0 Å². The van der Waals surface area contributed by atoms with Gasteiger partial charge in [-0.15, -0.1) is 0 Å². The molecule has 3 N–H and O–H groups in total. The molecule has 0 bridgehead atoms. The number of phenols is 1. The number of halogens is 4. The van der Waals surface area contributed by atoms with Crippen molar-refractivity contribution in [3.8, 4) is 5.75 Å². The van der Waals surface area contributed by atoms with Crippen LogP contribution in [0.2, 0.25) is 20.1 Å². The van der Waals surface area contributed by atoms with Crippen molar-refractivity contribution in [2.75, 3.05) is 0 Å². The second-order valence-corrected chi connectivity index (χ2v) is 6.75. The van der Waals surface area contributed by atoms with Crippen molar-refractivity contribution in [3.05, 3.63) is 61.2 Å². The molecule has 124 valence electrons. The third-order valence-electron chi connectivity index (χ3n) is 3.64. The molecule has 0 saturated carbocycles. The van der Waals surface area contributed by atoms with Crippen LogP contribution in [0.15, 0.2) is 24.3 Å². The number of benzene rings is 2. The van der Waals surface area contributed by atoms with Crippen LogP contribution >= 0.6 is 46.4 Å². The highest BCUT2D eigenvalue weighted by Crippen LogP contribution is 2.41. The zero-order valence-corrected chi connectivity index (χ0v) is 14.9. The summed E-state index contributed by atoms with van der Waals surface area (Å²) < 4.78 is 0. The topological polar surface area (TPSA) is 73.3 Å². The Morgan fingerprint density at radius 3 is 2.38 bits per heavy atom. The van der Waals surface area contributed by atoms with Gasteiger partial charge in [-0.1, -0.05) is 52.5 Å². The molecule has 0 amide bonds. The molecule has 1 heterocycles. The predicted octanol–water partition coefficient (Wildman–Crippen LogP) is 5.78. The van der Waals surface area contributed by atoms with E-state index in [2.05, 4.69) is 4.98 Å². The first-order chi connectivity index (χ1) is 11.3. The lowest BCUT2D eigenvalue weighted by atomic mass is 10.0. The van der Waals surface area contributed by atoms with E-state index in [1.54, 1.807) is 18.2 Å². The van der Waals surface area contributed by atoms with Crippen molar-refractivity contribution >= 4 is 63.3 Å². The van der Waals surface area contributed by atoms with Crippen molar-refractivity contribution in [3.63, 3.8) is 0 Å². The fourth-order valence-corrected chi connectivity index (χ4v) is 3.44. The van der Waals surface area contributed by atoms with Crippen molar-refractivity contribution < 1.29 is 15.0 Å². The lowest BCUT2D eigenvalue weighted by molar-refractivity contribution is 0.0690. The van der Waals surface area contributed by atoms with Crippen molar-refractivity contribution in [2.24, 2.45) is 0 Å². The second kappa shape index (κ2) is 6.37. The minimum Gasteiger partial charge on any atom is -0.505 e. The predicted molar refractivity (Wildman–Crippen MR) is 96.2 cm³/mol. The van der Waals surface area contributed by atoms with E-state index < -0.39 is 5.97 Å². The van der Waals surface area contributed by atoms with Gasteiger partial charge < -0.3 is 15.2 Å². The molecule has 2 aromatic carbocycles. The van der Waals surface area contributed by atoms with Crippen molar-refractivity contribution in [1.29, 1.82) is 0 Å². The Balaban J connectivity index is 2.24. The lowest BCUT2D eigenvalue weighted by Gasteiger charge is -2.07. The molecule has 8 heteroatoms. The van der Waals surface area contributed by atoms with Gasteiger partial charge >= 0.3 is 5.97 Å². The minimum absolute atomic E-state index is 0.00342. The summed E-state index contributed by atoms with van der Waals surface area (Å²) in [6.07, 6.45) is 0.235. The van der Waals surface area contributed by atoms with Gasteiger partial charge in [0.05, 0.1) is 20.1 Å². The smallest absolute Gasteiger partial charge is 0.352 e. The Morgan fingerprint density at radius 1 is 1.04 bits per heavy atom. The number of phenolic OH excluding ortho intramolecular Hbond substituents is 1. The first kappa shape index (κ1) is 17.2. The standard InChI is InChI=1S/C16H9Cl4NO3/c17-8-2-1-6(4-9(8)18)3-7-12-11(21-14(7)16(23)24)5-10(19)15(22)13(12)20/h1-2,4-5,21-22H,3H2,(H,23,24). The molecule has 0 unspecified atom stereocenters. The van der Waals surface area contributed by atoms with E-state index >= 15 is 0 Å². The van der Waals surface area contributed by atoms with E-state index in [-0.39, 0.29) is 27.9 Å². The number of aromatic nitrogens is 1. The van der Waals surface area contributed by atoms with Gasteiger partial charge in [-0.3, -0.25) is 0 Å². The number of carboxylic acids is 1. The summed E-state index contributed by atoms with van der Waals surface area (Å²) in [5, 5.41) is 20.6. The van der Waals surface area contributed by atoms with Gasteiger partial charge in [0.2, 0.25) is 0 Å². The van der Waals surface area contributed by atoms with E-state index in [1.165, 1.54) is 6.07 Å². The van der Waals surface area contributed by atoms with Crippen LogP contribution in [0.25, 0.3) is 10.9 Å². The first-order valence-electron chi connectivity index (χ1n) is 6.68. The molecule has 0 spiro atoms. The number of rotatable bonds is 3. The summed E-state index contributed by atoms with van der Waals surface area (Å²) in [6.45, 7) is 0. The molecule has 0 fully saturated rings. The van der Waals surface area contributed by atoms with Gasteiger partial charge in [-0.25, -0.2) is 4.79 Å². The molecule has 0 aliphatic rings. The number of H-pyrrole nitrogens is 1. The monoisotopic (exact) mass is 403 g/mol. The van der Waals surface area contributed by atoms with Crippen LogP contribution in [0.1, 0.15) is 21.6 Å². The zero-order chi connectivity index (χ0) is 17.6. The van der Waals surface area contributed by atoms with Gasteiger partial charge in [0, 0.05) is 17.3 Å². The van der Waals surface area contributed by atoms with E-state index in [9.17, 15) is 15.0 Å². The summed E-state index contributed by atoms with van der Waals surface area (Å²) in [5.41, 5.74) is 1.57. The first-order valence-corrected chi connectivity index (χ1v) is 8.19. The number of aromatic carboxylic acids is 1. The largest absolute Gasteiger partial charge is 0.505 e. The third-order valence-corrected chi connectivity index (χ3v) is 5.03. The molecular weight excluding hydrogens is 396 g/mol. The van der Waals surface area contributed by atoms with Gasteiger partial charge in [-0.2, -0.15) is 0 Å². The van der Waals surface area contributed by atoms with Crippen molar-refractivity contribution in [2.45, 2.75) is 6.42 Å². The summed E-state index contributed by atoms with van der Waals surface area (Å²) in [5.74, 6) is -1.44. The Kier molecular flexibility index (Phi) is 4.58. The van der Waals surface area contributed by atoms with Crippen LogP contribution in [0.5, 0.6) is 5.75 Å². The van der Waals surface area contributed by atoms with E-state index in [4.69, 9.17) is 46.4 Å². The molecule has 4 nitrogen and oxygen atoms in total. The van der Waals surface area contributed by atoms with Crippen molar-refractivity contribution in [1.82, 2.24) is 4.98 Å². The summed E-state index contributed by atoms with van der Waals surface area (Å²) >= 11 is 24.0. The Hall–Kier alpha value is -1.59. The summed E-state index contributed by atoms with van der Waals surface area (Å²) in [4.78, 5) is 14.3. The molecule has 0 atom stereocenters. The number of nitrogens with one attached hydrogen (secondary N) is 1. The maximum absolute atomic E-state index is 11.6. The molecular formula is C16H9Cl4NO3. The van der Waals surface area contributed by atoms with Gasteiger partial charge in [0.1, 0.15) is 5.69 Å². The SMILES string of the molecule is O=C(O)c1[nH]c2cc(Cl)c(O)c(Cl)c2c1Cc1ccc(Cl)c(Cl)c1. The average molecular weight is 405 g/mol. The van der Waals surface area contributed by atoms with Crippen LogP contribution in [-0.4, -0.2) is 21.2 Å². The highest BCUT2D eigenvalue weighted by atomic mass is 35.5. The number of carbonyl (C=O) groups is 1. The molecule has 3 rings (SSSR count). The Morgan fingerprint density at radius 2 is 1.75 bits per heavy atom. The van der Waals surface area contributed by atoms with Crippen LogP contribution in [0.3, 0.4) is 0 Å². The number of aromatic hydroxyl groups is 1. The molecule has 3 aromatic rings. The number of carboxylic acid groups (broad SMARTS) is 1. The van der Waals surface area contributed by atoms with Gasteiger partial charge in [0.15, 0.2) is 5.75 Å². The molecule has 0 radical (unpaired) electrons. The maximum atomic E-state index is 11.6. The van der Waals surface area contributed by atoms with E-state index in [1.807, 2.05) is 0 Å². The van der Waals surface area contributed by atoms with Crippen LogP contribution in [0.4, 0.5) is 0 Å². The number of hydrogen-bond donors (Lipinski definition) is 3. The van der Waals surface area contributed by atoms with Crippen LogP contribution in [0, 0.1) is 0 Å². The number of fused-ring (bicyclic) bond motifs is 1. The minimum atomic E-state index is -1.15. The Bertz CT molecular complexity index is 981. The zero-order valence-electron chi connectivity index (χ0n) is 11.8. The lowest BCUT2D eigenvalue weighted by Crippen LogP contribution is -2.02. The summed E-state index contributed by atoms with van der Waals surface area (Å²) in [7, 11) is 0. The quantitative estimate of drug-likeness (QED) is 0.518. The highest BCUT2D eigenvalue weighted by molar-refractivity contribution is 6.42. The van der Waals surface area contributed by atoms with E-state index in [0.29, 0.717) is 26.5 Å². The van der Waals surface area contributed by atoms with Crippen LogP contribution < -0.4 is 0 Å². The normalized spacial score (nSPS) is 11.2. The molecule has 0 saturated heterocycles. The second-order valence-electron chi connectivity index (χ2n) is 5.15. The van der Waals surface area contributed by atoms with E-state index in [0.717, 1.165) is 5.56 Å². The fourth-order valence-electron chi connectivity index (χ4n) is 2.55. The molecule has 24 heavy (non-hydrogen) atoms. The Labute approximate surface area is 156 Å². The molecule has 1 aromatic heterocycles. The number of aromatic amines is 1. The maximum Gasteiger partial charge on any atom is 0.352 e.